The van der Waals surface area contributed by atoms with Gasteiger partial charge >= 0.3 is 0 Å². The van der Waals surface area contributed by atoms with Gasteiger partial charge in [0.25, 0.3) is 0 Å². The Balaban J connectivity index is 2.28. The maximum Gasteiger partial charge on any atom is 0.143 e. The van der Waals surface area contributed by atoms with Crippen molar-refractivity contribution in [3.05, 3.63) is 0 Å². The quantitative estimate of drug-likeness (QED) is 0.501. The summed E-state index contributed by atoms with van der Waals surface area (Å²) in [6, 6.07) is 0. The molecule has 3 atom stereocenters. The van der Waals surface area contributed by atoms with Gasteiger partial charge in [-0.3, -0.25) is 0 Å². The van der Waals surface area contributed by atoms with Crippen LogP contribution in [-0.4, -0.2) is 22.5 Å². The first kappa shape index (κ1) is 6.58. The van der Waals surface area contributed by atoms with E-state index >= 15 is 0 Å². The van der Waals surface area contributed by atoms with Crippen LogP contribution in [-0.2, 0) is 4.74 Å². The van der Waals surface area contributed by atoms with Gasteiger partial charge in [-0.25, -0.2) is 0 Å². The molecule has 2 fully saturated rings. The van der Waals surface area contributed by atoms with E-state index in [2.05, 4.69) is 0 Å². The summed E-state index contributed by atoms with van der Waals surface area (Å²) in [4.78, 5) is 0. The molecule has 2 saturated heterocycles. The number of hydrogen-bond acceptors (Lipinski definition) is 3. The summed E-state index contributed by atoms with van der Waals surface area (Å²) in [5, 5.41) is 9.39. The lowest BCUT2D eigenvalue weighted by Gasteiger charge is -2.23. The van der Waals surface area contributed by atoms with Gasteiger partial charge in [0.1, 0.15) is 5.72 Å². The number of aliphatic hydroxyl groups is 1. The van der Waals surface area contributed by atoms with Crippen LogP contribution >= 0.6 is 0 Å². The molecule has 0 saturated carbocycles. The van der Waals surface area contributed by atoms with E-state index in [9.17, 15) is 5.11 Å². The van der Waals surface area contributed by atoms with Crippen LogP contribution < -0.4 is 5.73 Å². The Labute approximate surface area is 60.2 Å². The molecule has 0 radical (unpaired) electrons. The van der Waals surface area contributed by atoms with Gasteiger partial charge in [-0.1, -0.05) is 0 Å². The van der Waals surface area contributed by atoms with Crippen molar-refractivity contribution in [2.24, 2.45) is 5.73 Å². The lowest BCUT2D eigenvalue weighted by atomic mass is 9.86. The lowest BCUT2D eigenvalue weighted by Crippen LogP contribution is -2.47. The molecule has 0 aliphatic carbocycles. The second-order valence-electron chi connectivity index (χ2n) is 3.73. The molecule has 0 aromatic carbocycles. The molecule has 2 rings (SSSR count). The fourth-order valence-corrected chi connectivity index (χ4v) is 1.98. The number of hydrogen-bond donors (Lipinski definition) is 2. The zero-order valence-corrected chi connectivity index (χ0v) is 6.13. The first-order valence-corrected chi connectivity index (χ1v) is 3.71. The van der Waals surface area contributed by atoms with Crippen molar-refractivity contribution < 1.29 is 9.84 Å². The molecular formula is C7H13NO2. The number of fused-ring (bicyclic) bond motifs is 2. The monoisotopic (exact) mass is 143 g/mol. The molecule has 3 N–H and O–H groups in total. The SMILES string of the molecule is CC12CCC(N)(O1)C(O)C2. The number of rotatable bonds is 0. The molecule has 0 aromatic rings. The Morgan fingerprint density at radius 3 is 2.50 bits per heavy atom. The van der Waals surface area contributed by atoms with Gasteiger partial charge in [-0.05, 0) is 19.8 Å². The zero-order valence-electron chi connectivity index (χ0n) is 6.13. The molecule has 0 spiro atoms. The third kappa shape index (κ3) is 0.654. The molecule has 2 aliphatic rings. The van der Waals surface area contributed by atoms with Crippen LogP contribution in [0.15, 0.2) is 0 Å². The van der Waals surface area contributed by atoms with Crippen molar-refractivity contribution in [1.82, 2.24) is 0 Å². The first-order valence-electron chi connectivity index (χ1n) is 3.71. The Morgan fingerprint density at radius 1 is 1.60 bits per heavy atom. The summed E-state index contributed by atoms with van der Waals surface area (Å²) in [6.07, 6.45) is 2.03. The second-order valence-corrected chi connectivity index (χ2v) is 3.73. The van der Waals surface area contributed by atoms with E-state index in [1.54, 1.807) is 0 Å². The normalized spacial score (nSPS) is 59.7. The summed E-state index contributed by atoms with van der Waals surface area (Å²) in [5.41, 5.74) is 4.91. The highest BCUT2D eigenvalue weighted by Crippen LogP contribution is 2.47. The van der Waals surface area contributed by atoms with Crippen molar-refractivity contribution in [1.29, 1.82) is 0 Å². The first-order chi connectivity index (χ1) is 4.54. The van der Waals surface area contributed by atoms with E-state index in [0.29, 0.717) is 6.42 Å². The van der Waals surface area contributed by atoms with Gasteiger partial charge in [-0.2, -0.15) is 0 Å². The minimum atomic E-state index is -0.714. The zero-order chi connectivity index (χ0) is 7.41. The summed E-state index contributed by atoms with van der Waals surface area (Å²) >= 11 is 0. The van der Waals surface area contributed by atoms with E-state index < -0.39 is 11.8 Å². The predicted molar refractivity (Wildman–Crippen MR) is 36.3 cm³/mol. The van der Waals surface area contributed by atoms with Crippen LogP contribution in [0.3, 0.4) is 0 Å². The second kappa shape index (κ2) is 1.55. The largest absolute Gasteiger partial charge is 0.389 e. The summed E-state index contributed by atoms with van der Waals surface area (Å²) in [7, 11) is 0. The average molecular weight is 143 g/mol. The van der Waals surface area contributed by atoms with Crippen molar-refractivity contribution in [3.63, 3.8) is 0 Å². The third-order valence-corrected chi connectivity index (χ3v) is 2.67. The highest BCUT2D eigenvalue weighted by Gasteiger charge is 2.56. The van der Waals surface area contributed by atoms with Gasteiger partial charge < -0.3 is 15.6 Å². The van der Waals surface area contributed by atoms with Gasteiger partial charge in [0, 0.05) is 6.42 Å². The number of ether oxygens (including phenoxy) is 1. The Bertz CT molecular complexity index is 173. The molecule has 2 aliphatic heterocycles. The Kier molecular flexibility index (Phi) is 1.02. The topological polar surface area (TPSA) is 55.5 Å². The Hall–Kier alpha value is -0.120. The minimum absolute atomic E-state index is 0.131. The van der Waals surface area contributed by atoms with Crippen molar-refractivity contribution in [3.8, 4) is 0 Å². The molecule has 2 bridgehead atoms. The predicted octanol–water partition coefficient (Wildman–Crippen LogP) is -0.0249. The maximum absolute atomic E-state index is 9.39. The van der Waals surface area contributed by atoms with Crippen LogP contribution in [0.25, 0.3) is 0 Å². The molecule has 3 nitrogen and oxygen atoms in total. The van der Waals surface area contributed by atoms with Gasteiger partial charge in [-0.15, -0.1) is 0 Å². The van der Waals surface area contributed by atoms with Gasteiger partial charge in [0.15, 0.2) is 0 Å². The van der Waals surface area contributed by atoms with E-state index in [1.165, 1.54) is 0 Å². The van der Waals surface area contributed by atoms with Crippen LogP contribution in [0.4, 0.5) is 0 Å². The van der Waals surface area contributed by atoms with Crippen molar-refractivity contribution in [2.45, 2.75) is 43.6 Å². The molecule has 0 aromatic heterocycles. The maximum atomic E-state index is 9.39. The molecule has 3 heteroatoms. The molecule has 3 unspecified atom stereocenters. The molecule has 0 amide bonds. The highest BCUT2D eigenvalue weighted by molar-refractivity contribution is 5.05. The van der Waals surface area contributed by atoms with Crippen LogP contribution in [0.2, 0.25) is 0 Å². The number of aliphatic hydroxyl groups excluding tert-OH is 1. The van der Waals surface area contributed by atoms with Crippen molar-refractivity contribution >= 4 is 0 Å². The van der Waals surface area contributed by atoms with Gasteiger partial charge in [0.2, 0.25) is 0 Å². The number of nitrogens with two attached hydrogens (primary N) is 1. The smallest absolute Gasteiger partial charge is 0.143 e. The fourth-order valence-electron chi connectivity index (χ4n) is 1.98. The molecule has 2 heterocycles. The molecule has 10 heavy (non-hydrogen) atoms. The Morgan fingerprint density at radius 2 is 2.30 bits per heavy atom. The summed E-state index contributed by atoms with van der Waals surface area (Å²) in [5.74, 6) is 0. The third-order valence-electron chi connectivity index (χ3n) is 2.67. The average Bonchev–Trinajstić information content (AvgIpc) is 2.17. The van der Waals surface area contributed by atoms with Crippen LogP contribution in [0, 0.1) is 0 Å². The lowest BCUT2D eigenvalue weighted by molar-refractivity contribution is -0.0651. The van der Waals surface area contributed by atoms with E-state index in [4.69, 9.17) is 10.5 Å². The van der Waals surface area contributed by atoms with E-state index in [0.717, 1.165) is 12.8 Å². The molecular weight excluding hydrogens is 130 g/mol. The summed E-state index contributed by atoms with van der Waals surface area (Å²) in [6.45, 7) is 2.01. The summed E-state index contributed by atoms with van der Waals surface area (Å²) < 4.78 is 5.49. The van der Waals surface area contributed by atoms with E-state index in [1.807, 2.05) is 6.92 Å². The molecule has 58 valence electrons. The standard InChI is InChI=1S/C7H13NO2/c1-6-2-3-7(8,10-6)5(9)4-6/h5,9H,2-4,8H2,1H3. The van der Waals surface area contributed by atoms with Crippen LogP contribution in [0.1, 0.15) is 26.2 Å². The van der Waals surface area contributed by atoms with Crippen LogP contribution in [0.5, 0.6) is 0 Å². The highest BCUT2D eigenvalue weighted by atomic mass is 16.6. The minimum Gasteiger partial charge on any atom is -0.389 e. The van der Waals surface area contributed by atoms with Crippen molar-refractivity contribution in [2.75, 3.05) is 0 Å². The van der Waals surface area contributed by atoms with E-state index in [-0.39, 0.29) is 5.60 Å². The fraction of sp³-hybridized carbons (Fsp3) is 1.00. The van der Waals surface area contributed by atoms with Gasteiger partial charge in [0.05, 0.1) is 11.7 Å².